The fourth-order valence-electron chi connectivity index (χ4n) is 4.63. The predicted octanol–water partition coefficient (Wildman–Crippen LogP) is 1.54. The Labute approximate surface area is 259 Å². The maximum atomic E-state index is 13.9. The van der Waals surface area contributed by atoms with Crippen LogP contribution in [0.1, 0.15) is 32.3 Å². The highest BCUT2D eigenvalue weighted by Gasteiger charge is 2.36. The van der Waals surface area contributed by atoms with Crippen molar-refractivity contribution in [1.82, 2.24) is 20.1 Å². The third-order valence-corrected chi connectivity index (χ3v) is 8.60. The molecular formula is C31H42N4O8S. The molecular weight excluding hydrogens is 588 g/mol. The summed E-state index contributed by atoms with van der Waals surface area (Å²) in [4.78, 5) is 26.3. The van der Waals surface area contributed by atoms with Crippen molar-refractivity contribution in [2.24, 2.45) is 5.92 Å². The molecule has 2 aromatic carbocycles. The summed E-state index contributed by atoms with van der Waals surface area (Å²) in [5.41, 5.74) is 3.40. The van der Waals surface area contributed by atoms with Crippen LogP contribution in [0.25, 0.3) is 0 Å². The number of hydrogen-bond acceptors (Lipinski definition) is 9. The van der Waals surface area contributed by atoms with E-state index in [4.69, 9.17) is 20.6 Å². The molecule has 44 heavy (non-hydrogen) atoms. The van der Waals surface area contributed by atoms with Crippen LogP contribution in [-0.4, -0.2) is 93.5 Å². The molecule has 0 bridgehead atoms. The van der Waals surface area contributed by atoms with Crippen molar-refractivity contribution in [2.75, 3.05) is 46.7 Å². The number of nitrogens with zero attached hydrogens (tertiary/aromatic N) is 2. The van der Waals surface area contributed by atoms with Crippen LogP contribution in [0.15, 0.2) is 53.4 Å². The van der Waals surface area contributed by atoms with Crippen molar-refractivity contribution in [3.63, 3.8) is 0 Å². The second-order valence-corrected chi connectivity index (χ2v) is 12.7. The number of rotatable bonds is 17. The summed E-state index contributed by atoms with van der Waals surface area (Å²) >= 11 is 0. The number of aliphatic hydroxyl groups is 1. The number of hydrogen-bond donors (Lipinski definition) is 3. The van der Waals surface area contributed by atoms with E-state index < -0.39 is 34.0 Å². The number of amides is 2. The number of terminal acetylenes is 1. The molecule has 13 heteroatoms. The van der Waals surface area contributed by atoms with Crippen molar-refractivity contribution in [1.29, 1.82) is 0 Å². The summed E-state index contributed by atoms with van der Waals surface area (Å²) in [6.07, 6.45) is 4.16. The van der Waals surface area contributed by atoms with Gasteiger partial charge in [0, 0.05) is 45.7 Å². The van der Waals surface area contributed by atoms with E-state index in [0.717, 1.165) is 10.6 Å². The number of aliphatic hydroxyl groups excluding tert-OH is 1. The monoisotopic (exact) mass is 630 g/mol. The van der Waals surface area contributed by atoms with E-state index in [-0.39, 0.29) is 56.5 Å². The van der Waals surface area contributed by atoms with Crippen LogP contribution in [0, 0.1) is 18.3 Å². The first-order chi connectivity index (χ1) is 21.1. The van der Waals surface area contributed by atoms with Crippen LogP contribution in [0.4, 0.5) is 0 Å². The molecule has 2 amide bonds. The zero-order chi connectivity index (χ0) is 32.1. The Morgan fingerprint density at radius 3 is 2.52 bits per heavy atom. The zero-order valence-corrected chi connectivity index (χ0v) is 26.2. The predicted molar refractivity (Wildman–Crippen MR) is 164 cm³/mol. The van der Waals surface area contributed by atoms with Crippen LogP contribution in [0.3, 0.4) is 0 Å². The summed E-state index contributed by atoms with van der Waals surface area (Å²) < 4.78 is 44.7. The van der Waals surface area contributed by atoms with Crippen LogP contribution in [0.5, 0.6) is 11.5 Å². The topological polar surface area (TPSA) is 147 Å². The van der Waals surface area contributed by atoms with E-state index in [1.165, 1.54) is 22.5 Å². The molecule has 1 heterocycles. The molecule has 0 radical (unpaired) electrons. The van der Waals surface area contributed by atoms with E-state index in [1.54, 1.807) is 7.11 Å². The number of methoxy groups -OCH3 is 1. The van der Waals surface area contributed by atoms with Crippen molar-refractivity contribution in [2.45, 2.75) is 50.2 Å². The standard InChI is InChI=1S/C31H42N4O8S/c1-5-6-12-31(38)35(33-30(37)19-32-15-16-41-4)26(17-24-10-8-7-9-11-24)27(36)21-34(20-23(2)3)44(39,40)25-13-14-28-29(18-25)43-22-42-28/h1,7-11,13-14,18,23,26-27,32,36H,6,12,15-17,19-22H2,2-4H3,(H,33,37)/t26?,27-/m1/s1. The van der Waals surface area contributed by atoms with Gasteiger partial charge in [0.25, 0.3) is 5.91 Å². The van der Waals surface area contributed by atoms with E-state index in [0.29, 0.717) is 24.7 Å². The van der Waals surface area contributed by atoms with Gasteiger partial charge < -0.3 is 24.6 Å². The number of carbonyl (C=O) groups is 2. The van der Waals surface area contributed by atoms with Crippen molar-refractivity contribution in [3.8, 4) is 23.8 Å². The Balaban J connectivity index is 1.95. The highest BCUT2D eigenvalue weighted by molar-refractivity contribution is 7.89. The molecule has 0 fully saturated rings. The second-order valence-electron chi connectivity index (χ2n) is 10.7. The fraction of sp³-hybridized carbons (Fsp3) is 0.484. The van der Waals surface area contributed by atoms with Gasteiger partial charge in [-0.25, -0.2) is 13.4 Å². The van der Waals surface area contributed by atoms with Gasteiger partial charge in [-0.15, -0.1) is 12.3 Å². The number of hydrazine groups is 1. The second kappa shape index (κ2) is 17.0. The van der Waals surface area contributed by atoms with E-state index in [9.17, 15) is 23.1 Å². The van der Waals surface area contributed by atoms with Crippen molar-refractivity contribution < 1.29 is 37.3 Å². The van der Waals surface area contributed by atoms with E-state index in [2.05, 4.69) is 16.7 Å². The maximum absolute atomic E-state index is 13.9. The van der Waals surface area contributed by atoms with Crippen molar-refractivity contribution >= 4 is 21.8 Å². The number of fused-ring (bicyclic) bond motifs is 1. The molecule has 240 valence electrons. The normalized spacial score (nSPS) is 13.8. The van der Waals surface area contributed by atoms with Gasteiger partial charge in [-0.3, -0.25) is 15.0 Å². The smallest absolute Gasteiger partial charge is 0.252 e. The SMILES string of the molecule is C#CCCC(=O)N(NC(=O)CNCCOC)C(Cc1ccccc1)[C@H](O)CN(CC(C)C)S(=O)(=O)c1ccc2c(c1)OCO2. The molecule has 0 saturated carbocycles. The number of benzene rings is 2. The van der Waals surface area contributed by atoms with Crippen LogP contribution in [-0.2, 0) is 30.8 Å². The molecule has 3 rings (SSSR count). The molecule has 0 aliphatic carbocycles. The van der Waals surface area contributed by atoms with Gasteiger partial charge in [0.05, 0.1) is 30.2 Å². The number of nitrogens with one attached hydrogen (secondary N) is 2. The first-order valence-corrected chi connectivity index (χ1v) is 15.9. The lowest BCUT2D eigenvalue weighted by atomic mass is 9.99. The lowest BCUT2D eigenvalue weighted by molar-refractivity contribution is -0.147. The van der Waals surface area contributed by atoms with Crippen LogP contribution in [0.2, 0.25) is 0 Å². The Morgan fingerprint density at radius 1 is 1.11 bits per heavy atom. The Kier molecular flexibility index (Phi) is 13.4. The highest BCUT2D eigenvalue weighted by atomic mass is 32.2. The van der Waals surface area contributed by atoms with Gasteiger partial charge in [0.15, 0.2) is 11.5 Å². The van der Waals surface area contributed by atoms with Gasteiger partial charge in [-0.2, -0.15) is 4.31 Å². The first kappa shape index (κ1) is 34.8. The van der Waals surface area contributed by atoms with E-state index >= 15 is 0 Å². The fourth-order valence-corrected chi connectivity index (χ4v) is 6.27. The largest absolute Gasteiger partial charge is 0.454 e. The average molecular weight is 631 g/mol. The molecule has 1 unspecified atom stereocenters. The summed E-state index contributed by atoms with van der Waals surface area (Å²) in [5, 5.41) is 15.8. The van der Waals surface area contributed by atoms with Crippen molar-refractivity contribution in [3.05, 3.63) is 54.1 Å². The minimum Gasteiger partial charge on any atom is -0.454 e. The number of carbonyl (C=O) groups excluding carboxylic acids is 2. The highest BCUT2D eigenvalue weighted by Crippen LogP contribution is 2.35. The molecule has 12 nitrogen and oxygen atoms in total. The number of ether oxygens (including phenoxy) is 3. The Morgan fingerprint density at radius 2 is 1.84 bits per heavy atom. The quantitative estimate of drug-likeness (QED) is 0.135. The molecule has 0 aromatic heterocycles. The minimum absolute atomic E-state index is 0.00835. The lowest BCUT2D eigenvalue weighted by Gasteiger charge is -2.37. The number of sulfonamides is 1. The molecule has 0 spiro atoms. The lowest BCUT2D eigenvalue weighted by Crippen LogP contribution is -2.60. The van der Waals surface area contributed by atoms with Gasteiger partial charge in [0.1, 0.15) is 0 Å². The summed E-state index contributed by atoms with van der Waals surface area (Å²) in [5.74, 6) is 2.05. The molecule has 3 N–H and O–H groups in total. The van der Waals surface area contributed by atoms with E-state index in [1.807, 2.05) is 44.2 Å². The third-order valence-electron chi connectivity index (χ3n) is 6.77. The Hall–Kier alpha value is -3.67. The average Bonchev–Trinajstić information content (AvgIpc) is 3.48. The third kappa shape index (κ3) is 9.93. The van der Waals surface area contributed by atoms with Gasteiger partial charge >= 0.3 is 0 Å². The summed E-state index contributed by atoms with van der Waals surface area (Å²) in [6, 6.07) is 12.4. The van der Waals surface area contributed by atoms with Gasteiger partial charge in [-0.1, -0.05) is 44.2 Å². The summed E-state index contributed by atoms with van der Waals surface area (Å²) in [7, 11) is -2.58. The zero-order valence-electron chi connectivity index (χ0n) is 25.4. The van der Waals surface area contributed by atoms with Gasteiger partial charge in [0.2, 0.25) is 22.7 Å². The minimum atomic E-state index is -4.12. The molecule has 0 saturated heterocycles. The van der Waals surface area contributed by atoms with Crippen LogP contribution < -0.4 is 20.2 Å². The molecule has 1 aliphatic rings. The maximum Gasteiger partial charge on any atom is 0.252 e. The van der Waals surface area contributed by atoms with Gasteiger partial charge in [-0.05, 0) is 30.0 Å². The first-order valence-electron chi connectivity index (χ1n) is 14.4. The summed E-state index contributed by atoms with van der Waals surface area (Å²) in [6.45, 7) is 4.13. The molecule has 2 atom stereocenters. The Bertz CT molecular complexity index is 1380. The molecule has 1 aliphatic heterocycles. The van der Waals surface area contributed by atoms with Crippen LogP contribution >= 0.6 is 0 Å². The molecule has 2 aromatic rings.